The number of amides is 1. The fourth-order valence-corrected chi connectivity index (χ4v) is 3.24. The first-order chi connectivity index (χ1) is 11.0. The number of quaternary nitrogens is 1. The van der Waals surface area contributed by atoms with Crippen molar-refractivity contribution in [3.8, 4) is 0 Å². The normalized spacial score (nSPS) is 22.2. The summed E-state index contributed by atoms with van der Waals surface area (Å²) in [5, 5.41) is 1.89. The molecule has 0 unspecified atom stereocenters. The van der Waals surface area contributed by atoms with Gasteiger partial charge in [0.2, 0.25) is 0 Å². The van der Waals surface area contributed by atoms with Crippen LogP contribution >= 0.6 is 11.3 Å². The highest BCUT2D eigenvalue weighted by molar-refractivity contribution is 7.12. The predicted molar refractivity (Wildman–Crippen MR) is 94.3 cm³/mol. The second kappa shape index (κ2) is 8.45. The fraction of sp³-hybridized carbons (Fsp3) is 0.647. The molecule has 0 bridgehead atoms. The van der Waals surface area contributed by atoms with Crippen molar-refractivity contribution < 1.29 is 14.4 Å². The van der Waals surface area contributed by atoms with Gasteiger partial charge in [-0.1, -0.05) is 19.9 Å². The highest BCUT2D eigenvalue weighted by atomic mass is 32.1. The zero-order valence-electron chi connectivity index (χ0n) is 14.5. The second-order valence-electron chi connectivity index (χ2n) is 6.68. The van der Waals surface area contributed by atoms with Crippen molar-refractivity contribution in [1.29, 1.82) is 0 Å². The molecule has 1 aromatic rings. The third-order valence-corrected chi connectivity index (χ3v) is 4.99. The lowest BCUT2D eigenvalue weighted by Gasteiger charge is -2.34. The van der Waals surface area contributed by atoms with E-state index in [9.17, 15) is 4.79 Å². The van der Waals surface area contributed by atoms with Crippen molar-refractivity contribution in [3.05, 3.63) is 22.4 Å². The number of ether oxygens (including phenoxy) is 1. The number of hydrogen-bond donors (Lipinski definition) is 1. The summed E-state index contributed by atoms with van der Waals surface area (Å²) in [7, 11) is 4.22. The molecule has 2 rings (SSSR count). The lowest BCUT2D eigenvalue weighted by molar-refractivity contribution is -0.885. The Morgan fingerprint density at radius 2 is 2.17 bits per heavy atom. The SMILES string of the molecule is CC(C)COC(=NC(=O)c1cccs1)N(C)C1CC[NH+](C)CC1. The van der Waals surface area contributed by atoms with Gasteiger partial charge in [0, 0.05) is 25.9 Å². The minimum atomic E-state index is -0.218. The molecule has 0 aromatic carbocycles. The zero-order valence-corrected chi connectivity index (χ0v) is 15.4. The Kier molecular flexibility index (Phi) is 6.59. The molecule has 5 nitrogen and oxygen atoms in total. The minimum absolute atomic E-state index is 0.218. The molecule has 1 aromatic heterocycles. The van der Waals surface area contributed by atoms with E-state index in [0.29, 0.717) is 29.5 Å². The number of nitrogens with zero attached hydrogens (tertiary/aromatic N) is 2. The number of likely N-dealkylation sites (tertiary alicyclic amines) is 1. The smallest absolute Gasteiger partial charge is 0.295 e. The van der Waals surface area contributed by atoms with Crippen LogP contribution in [-0.4, -0.2) is 56.7 Å². The maximum absolute atomic E-state index is 12.3. The van der Waals surface area contributed by atoms with Gasteiger partial charge in [0.25, 0.3) is 11.9 Å². The summed E-state index contributed by atoms with van der Waals surface area (Å²) >= 11 is 1.41. The van der Waals surface area contributed by atoms with Crippen LogP contribution in [0.1, 0.15) is 36.4 Å². The highest BCUT2D eigenvalue weighted by Gasteiger charge is 2.26. The Morgan fingerprint density at radius 1 is 1.48 bits per heavy atom. The third kappa shape index (κ3) is 5.32. The van der Waals surface area contributed by atoms with E-state index in [4.69, 9.17) is 4.74 Å². The van der Waals surface area contributed by atoms with E-state index in [0.717, 1.165) is 25.9 Å². The molecule has 1 aliphatic heterocycles. The monoisotopic (exact) mass is 338 g/mol. The Bertz CT molecular complexity index is 520. The lowest BCUT2D eigenvalue weighted by Crippen LogP contribution is -3.10. The maximum Gasteiger partial charge on any atom is 0.295 e. The first-order valence-corrected chi connectivity index (χ1v) is 9.18. The molecule has 1 aliphatic rings. The summed E-state index contributed by atoms with van der Waals surface area (Å²) in [6.07, 6.45) is 2.19. The Hall–Kier alpha value is -1.40. The van der Waals surface area contributed by atoms with Crippen LogP contribution < -0.4 is 4.90 Å². The van der Waals surface area contributed by atoms with Crippen LogP contribution in [0, 0.1) is 5.92 Å². The van der Waals surface area contributed by atoms with E-state index < -0.39 is 0 Å². The topological polar surface area (TPSA) is 46.3 Å². The Morgan fingerprint density at radius 3 is 2.74 bits per heavy atom. The number of nitrogens with one attached hydrogen (secondary N) is 1. The van der Waals surface area contributed by atoms with E-state index >= 15 is 0 Å². The number of thiophene rings is 1. The molecule has 1 N–H and O–H groups in total. The molecule has 2 heterocycles. The number of hydrogen-bond acceptors (Lipinski definition) is 3. The number of carbonyl (C=O) groups excluding carboxylic acids is 1. The van der Waals surface area contributed by atoms with E-state index in [-0.39, 0.29) is 5.91 Å². The number of aliphatic imine (C=N–C) groups is 1. The van der Waals surface area contributed by atoms with Crippen LogP contribution in [0.3, 0.4) is 0 Å². The molecular weight excluding hydrogens is 310 g/mol. The van der Waals surface area contributed by atoms with Crippen molar-refractivity contribution in [2.45, 2.75) is 32.7 Å². The van der Waals surface area contributed by atoms with Crippen LogP contribution in [-0.2, 0) is 4.74 Å². The van der Waals surface area contributed by atoms with Crippen molar-refractivity contribution in [2.24, 2.45) is 10.9 Å². The number of amidine groups is 1. The first kappa shape index (κ1) is 17.9. The summed E-state index contributed by atoms with van der Waals surface area (Å²) in [5.41, 5.74) is 0. The van der Waals surface area contributed by atoms with Gasteiger partial charge in [-0.3, -0.25) is 4.79 Å². The van der Waals surface area contributed by atoms with E-state index in [1.54, 1.807) is 11.0 Å². The molecule has 0 atom stereocenters. The van der Waals surface area contributed by atoms with E-state index in [1.807, 2.05) is 18.5 Å². The third-order valence-electron chi connectivity index (χ3n) is 4.13. The average Bonchev–Trinajstić information content (AvgIpc) is 3.05. The van der Waals surface area contributed by atoms with E-state index in [2.05, 4.69) is 30.8 Å². The van der Waals surface area contributed by atoms with Gasteiger partial charge in [0.05, 0.1) is 31.6 Å². The van der Waals surface area contributed by atoms with Gasteiger partial charge < -0.3 is 14.5 Å². The van der Waals surface area contributed by atoms with Gasteiger partial charge in [-0.15, -0.1) is 11.3 Å². The molecule has 128 valence electrons. The number of piperidine rings is 1. The van der Waals surface area contributed by atoms with Gasteiger partial charge in [0.15, 0.2) is 0 Å². The molecule has 23 heavy (non-hydrogen) atoms. The molecule has 0 aliphatic carbocycles. The van der Waals surface area contributed by atoms with Crippen LogP contribution in [0.2, 0.25) is 0 Å². The van der Waals surface area contributed by atoms with Crippen molar-refractivity contribution >= 4 is 23.3 Å². The largest absolute Gasteiger partial charge is 0.465 e. The summed E-state index contributed by atoms with van der Waals surface area (Å²) in [6.45, 7) is 7.05. The van der Waals surface area contributed by atoms with Crippen molar-refractivity contribution in [1.82, 2.24) is 4.90 Å². The van der Waals surface area contributed by atoms with Crippen LogP contribution in [0.15, 0.2) is 22.5 Å². The standard InChI is InChI=1S/C17H27N3O2S/c1-13(2)12-22-17(18-16(21)15-6-5-11-23-15)20(4)14-7-9-19(3)10-8-14/h5-6,11,13-14H,7-10,12H2,1-4H3/p+1. The molecule has 0 radical (unpaired) electrons. The molecular formula is C17H28N3O2S+. The quantitative estimate of drug-likeness (QED) is 0.669. The number of carbonyl (C=O) groups is 1. The molecule has 0 spiro atoms. The summed E-state index contributed by atoms with van der Waals surface area (Å²) in [4.78, 5) is 20.8. The van der Waals surface area contributed by atoms with Gasteiger partial charge >= 0.3 is 0 Å². The zero-order chi connectivity index (χ0) is 16.8. The molecule has 1 amide bonds. The second-order valence-corrected chi connectivity index (χ2v) is 7.63. The average molecular weight is 338 g/mol. The molecule has 0 saturated carbocycles. The van der Waals surface area contributed by atoms with Crippen LogP contribution in [0.5, 0.6) is 0 Å². The lowest BCUT2D eigenvalue weighted by atomic mass is 10.0. The summed E-state index contributed by atoms with van der Waals surface area (Å²) < 4.78 is 5.87. The highest BCUT2D eigenvalue weighted by Crippen LogP contribution is 2.14. The predicted octanol–water partition coefficient (Wildman–Crippen LogP) is 1.53. The molecule has 1 fully saturated rings. The van der Waals surface area contributed by atoms with Crippen LogP contribution in [0.4, 0.5) is 0 Å². The molecule has 6 heteroatoms. The van der Waals surface area contributed by atoms with Gasteiger partial charge in [-0.05, 0) is 17.4 Å². The van der Waals surface area contributed by atoms with Crippen LogP contribution in [0.25, 0.3) is 0 Å². The summed E-state index contributed by atoms with van der Waals surface area (Å²) in [5.74, 6) is 0.177. The van der Waals surface area contributed by atoms with E-state index in [1.165, 1.54) is 11.3 Å². The van der Waals surface area contributed by atoms with Crippen molar-refractivity contribution in [2.75, 3.05) is 33.8 Å². The Labute approximate surface area is 143 Å². The van der Waals surface area contributed by atoms with Gasteiger partial charge in [-0.2, -0.15) is 4.99 Å². The first-order valence-electron chi connectivity index (χ1n) is 8.30. The number of rotatable bonds is 4. The maximum atomic E-state index is 12.3. The molecule has 1 saturated heterocycles. The summed E-state index contributed by atoms with van der Waals surface area (Å²) in [6, 6.07) is 4.52. The van der Waals surface area contributed by atoms with Gasteiger partial charge in [0.1, 0.15) is 0 Å². The Balaban J connectivity index is 2.10. The van der Waals surface area contributed by atoms with Crippen molar-refractivity contribution in [3.63, 3.8) is 0 Å². The fourth-order valence-electron chi connectivity index (χ4n) is 2.64. The minimum Gasteiger partial charge on any atom is -0.465 e. The van der Waals surface area contributed by atoms with Gasteiger partial charge in [-0.25, -0.2) is 0 Å².